The summed E-state index contributed by atoms with van der Waals surface area (Å²) in [6.45, 7) is 4.07. The van der Waals surface area contributed by atoms with E-state index in [0.717, 1.165) is 45.7 Å². The van der Waals surface area contributed by atoms with Crippen LogP contribution in [0.5, 0.6) is 11.5 Å². The van der Waals surface area contributed by atoms with Crippen LogP contribution in [0, 0.1) is 6.92 Å². The molecule has 3 aromatic carbocycles. The van der Waals surface area contributed by atoms with Crippen LogP contribution < -0.4 is 14.8 Å². The second-order valence-corrected chi connectivity index (χ2v) is 8.07. The predicted molar refractivity (Wildman–Crippen MR) is 140 cm³/mol. The van der Waals surface area contributed by atoms with Gasteiger partial charge in [0.05, 0.1) is 19.9 Å². The highest BCUT2D eigenvalue weighted by Crippen LogP contribution is 2.34. The molecule has 6 heteroatoms. The van der Waals surface area contributed by atoms with Gasteiger partial charge in [0.15, 0.2) is 11.5 Å². The Morgan fingerprint density at radius 1 is 1.00 bits per heavy atom. The van der Waals surface area contributed by atoms with Crippen LogP contribution in [0.2, 0.25) is 0 Å². The number of hydrogen-bond donors (Lipinski definition) is 1. The minimum absolute atomic E-state index is 0.195. The number of benzene rings is 3. The van der Waals surface area contributed by atoms with Crippen LogP contribution in [0.15, 0.2) is 79.0 Å². The lowest BCUT2D eigenvalue weighted by Crippen LogP contribution is -2.11. The van der Waals surface area contributed by atoms with Crippen molar-refractivity contribution in [1.82, 2.24) is 9.78 Å². The van der Waals surface area contributed by atoms with Gasteiger partial charge in [-0.15, -0.1) is 0 Å². The molecule has 35 heavy (non-hydrogen) atoms. The minimum atomic E-state index is -0.195. The number of amides is 1. The Morgan fingerprint density at radius 2 is 1.77 bits per heavy atom. The van der Waals surface area contributed by atoms with Gasteiger partial charge in [-0.25, -0.2) is 4.68 Å². The van der Waals surface area contributed by atoms with Crippen LogP contribution in [0.25, 0.3) is 23.0 Å². The summed E-state index contributed by atoms with van der Waals surface area (Å²) in [5.41, 5.74) is 6.31. The summed E-state index contributed by atoms with van der Waals surface area (Å²) in [7, 11) is 3.21. The van der Waals surface area contributed by atoms with Crippen molar-refractivity contribution in [2.45, 2.75) is 20.3 Å². The molecule has 4 rings (SSSR count). The standard InChI is InChI=1S/C29H29N3O3/c1-5-21-11-9-10-20(2)28(21)30-27(33)17-15-23-19-32(24-12-7-6-8-13-24)31-29(23)22-14-16-25(34-3)26(18-22)35-4/h6-19H,5H2,1-4H3,(H,30,33)/b17-15+. The number of nitrogens with one attached hydrogen (secondary N) is 1. The average Bonchev–Trinajstić information content (AvgIpc) is 3.33. The molecular weight excluding hydrogens is 438 g/mol. The molecule has 1 N–H and O–H groups in total. The summed E-state index contributed by atoms with van der Waals surface area (Å²) in [6, 6.07) is 21.5. The van der Waals surface area contributed by atoms with E-state index in [4.69, 9.17) is 14.6 Å². The van der Waals surface area contributed by atoms with E-state index in [9.17, 15) is 4.79 Å². The number of anilines is 1. The van der Waals surface area contributed by atoms with Gasteiger partial charge in [-0.1, -0.05) is 43.3 Å². The Kier molecular flexibility index (Phi) is 7.31. The third-order valence-electron chi connectivity index (χ3n) is 5.82. The maximum absolute atomic E-state index is 12.9. The molecule has 0 fully saturated rings. The number of aromatic nitrogens is 2. The summed E-state index contributed by atoms with van der Waals surface area (Å²) in [5.74, 6) is 1.05. The monoisotopic (exact) mass is 467 g/mol. The van der Waals surface area contributed by atoms with Crippen molar-refractivity contribution >= 4 is 17.7 Å². The van der Waals surface area contributed by atoms with E-state index in [1.165, 1.54) is 0 Å². The molecule has 0 aliphatic heterocycles. The molecule has 0 aliphatic rings. The van der Waals surface area contributed by atoms with Crippen LogP contribution >= 0.6 is 0 Å². The van der Waals surface area contributed by atoms with E-state index in [0.29, 0.717) is 11.5 Å². The Labute approximate surface area is 205 Å². The Bertz CT molecular complexity index is 1360. The highest BCUT2D eigenvalue weighted by Gasteiger charge is 2.14. The van der Waals surface area contributed by atoms with E-state index in [-0.39, 0.29) is 5.91 Å². The molecule has 178 valence electrons. The predicted octanol–water partition coefficient (Wildman–Crippen LogP) is 6.08. The summed E-state index contributed by atoms with van der Waals surface area (Å²) in [5, 5.41) is 7.86. The van der Waals surface area contributed by atoms with Gasteiger partial charge >= 0.3 is 0 Å². The van der Waals surface area contributed by atoms with E-state index in [1.807, 2.05) is 79.9 Å². The van der Waals surface area contributed by atoms with Gasteiger partial charge in [-0.05, 0) is 60.9 Å². The topological polar surface area (TPSA) is 65.4 Å². The lowest BCUT2D eigenvalue weighted by Gasteiger charge is -2.11. The fraction of sp³-hybridized carbons (Fsp3) is 0.172. The first kappa shape index (κ1) is 23.8. The van der Waals surface area contributed by atoms with Gasteiger partial charge in [-0.2, -0.15) is 5.10 Å². The second kappa shape index (κ2) is 10.7. The molecule has 0 atom stereocenters. The first-order valence-electron chi connectivity index (χ1n) is 11.5. The number of carbonyl (C=O) groups is 1. The smallest absolute Gasteiger partial charge is 0.248 e. The zero-order valence-electron chi connectivity index (χ0n) is 20.4. The maximum Gasteiger partial charge on any atom is 0.248 e. The van der Waals surface area contributed by atoms with Crippen molar-refractivity contribution in [3.8, 4) is 28.4 Å². The Morgan fingerprint density at radius 3 is 2.49 bits per heavy atom. The minimum Gasteiger partial charge on any atom is -0.493 e. The van der Waals surface area contributed by atoms with Gasteiger partial charge < -0.3 is 14.8 Å². The summed E-state index contributed by atoms with van der Waals surface area (Å²) in [6.07, 6.45) is 6.09. The number of carbonyl (C=O) groups excluding carboxylic acids is 1. The van der Waals surface area contributed by atoms with Gasteiger partial charge in [0.1, 0.15) is 5.69 Å². The molecule has 1 heterocycles. The quantitative estimate of drug-likeness (QED) is 0.319. The van der Waals surface area contributed by atoms with Crippen molar-refractivity contribution in [2.24, 2.45) is 0 Å². The number of hydrogen-bond acceptors (Lipinski definition) is 4. The molecule has 0 aliphatic carbocycles. The molecule has 0 saturated heterocycles. The van der Waals surface area contributed by atoms with E-state index >= 15 is 0 Å². The number of ether oxygens (including phenoxy) is 2. The molecule has 0 radical (unpaired) electrons. The lowest BCUT2D eigenvalue weighted by atomic mass is 10.1. The SMILES string of the molecule is CCc1cccc(C)c1NC(=O)/C=C/c1cn(-c2ccccc2)nc1-c1ccc(OC)c(OC)c1. The number of rotatable bonds is 8. The van der Waals surface area contributed by atoms with E-state index in [2.05, 4.69) is 12.2 Å². The molecule has 0 unspecified atom stereocenters. The van der Waals surface area contributed by atoms with Crippen molar-refractivity contribution in [3.63, 3.8) is 0 Å². The summed E-state index contributed by atoms with van der Waals surface area (Å²) in [4.78, 5) is 12.9. The number of para-hydroxylation sites is 2. The van der Waals surface area contributed by atoms with Gasteiger partial charge in [0.25, 0.3) is 0 Å². The highest BCUT2D eigenvalue weighted by atomic mass is 16.5. The maximum atomic E-state index is 12.9. The molecule has 0 bridgehead atoms. The van der Waals surface area contributed by atoms with E-state index in [1.54, 1.807) is 31.1 Å². The molecule has 0 saturated carbocycles. The van der Waals surface area contributed by atoms with Crippen LogP contribution in [-0.2, 0) is 11.2 Å². The molecule has 0 spiro atoms. The Balaban J connectivity index is 1.70. The van der Waals surface area contributed by atoms with Crippen molar-refractivity contribution in [2.75, 3.05) is 19.5 Å². The zero-order valence-corrected chi connectivity index (χ0v) is 20.4. The number of aryl methyl sites for hydroxylation is 2. The van der Waals surface area contributed by atoms with Gasteiger partial charge in [0.2, 0.25) is 5.91 Å². The number of methoxy groups -OCH3 is 2. The van der Waals surface area contributed by atoms with Gasteiger partial charge in [-0.3, -0.25) is 4.79 Å². The molecule has 4 aromatic rings. The molecule has 1 amide bonds. The van der Waals surface area contributed by atoms with Crippen LogP contribution in [0.1, 0.15) is 23.6 Å². The molecule has 1 aromatic heterocycles. The zero-order chi connectivity index (χ0) is 24.8. The Hall–Kier alpha value is -4.32. The van der Waals surface area contributed by atoms with Crippen molar-refractivity contribution in [1.29, 1.82) is 0 Å². The van der Waals surface area contributed by atoms with Crippen LogP contribution in [0.4, 0.5) is 5.69 Å². The third kappa shape index (κ3) is 5.27. The first-order chi connectivity index (χ1) is 17.0. The van der Waals surface area contributed by atoms with Crippen LogP contribution in [0.3, 0.4) is 0 Å². The van der Waals surface area contributed by atoms with E-state index < -0.39 is 0 Å². The summed E-state index contributed by atoms with van der Waals surface area (Å²) < 4.78 is 12.7. The molecular formula is C29H29N3O3. The van der Waals surface area contributed by atoms with Crippen molar-refractivity contribution in [3.05, 3.63) is 95.7 Å². The second-order valence-electron chi connectivity index (χ2n) is 8.07. The fourth-order valence-electron chi connectivity index (χ4n) is 3.96. The molecule has 6 nitrogen and oxygen atoms in total. The number of nitrogens with zero attached hydrogens (tertiary/aromatic N) is 2. The average molecular weight is 468 g/mol. The fourth-order valence-corrected chi connectivity index (χ4v) is 3.96. The van der Waals surface area contributed by atoms with Crippen LogP contribution in [-0.4, -0.2) is 29.9 Å². The summed E-state index contributed by atoms with van der Waals surface area (Å²) >= 11 is 0. The third-order valence-corrected chi connectivity index (χ3v) is 5.82. The lowest BCUT2D eigenvalue weighted by molar-refractivity contribution is -0.111. The largest absolute Gasteiger partial charge is 0.493 e. The first-order valence-corrected chi connectivity index (χ1v) is 11.5. The normalized spacial score (nSPS) is 11.0. The van der Waals surface area contributed by atoms with Crippen molar-refractivity contribution < 1.29 is 14.3 Å². The highest BCUT2D eigenvalue weighted by molar-refractivity contribution is 6.03. The van der Waals surface area contributed by atoms with Gasteiger partial charge in [0, 0.05) is 29.1 Å².